The van der Waals surface area contributed by atoms with Crippen LogP contribution in [0.5, 0.6) is 0 Å². The van der Waals surface area contributed by atoms with Crippen molar-refractivity contribution in [3.63, 3.8) is 0 Å². The number of amides is 1. The number of nitrogens with two attached hydrogens (primary N) is 1. The summed E-state index contributed by atoms with van der Waals surface area (Å²) >= 11 is 0. The zero-order valence-electron chi connectivity index (χ0n) is 18.8. The summed E-state index contributed by atoms with van der Waals surface area (Å²) < 4.78 is 15.8. The number of alkyl carbamates (subject to hydrolysis) is 1. The van der Waals surface area contributed by atoms with Gasteiger partial charge in [0, 0.05) is 18.2 Å². The standard InChI is InChI=1S/C23H28N4O7/c1-14-12-16(14)13-34-23(31)26-7-9-33-11-10-32-8-6-25-22(30)15-2-4-17(5-3-15)27-19-18(24)20(28)21(19)29/h2-5,12,16,27H,6-11,13,24H2,1H3,(H,25,30)(H,26,31)/p-1. The summed E-state index contributed by atoms with van der Waals surface area (Å²) in [4.78, 5) is 37.9. The first-order valence-electron chi connectivity index (χ1n) is 10.8. The molecule has 0 aromatic heterocycles. The van der Waals surface area contributed by atoms with E-state index in [1.165, 1.54) is 5.57 Å². The van der Waals surface area contributed by atoms with E-state index in [1.807, 2.05) is 13.0 Å². The highest BCUT2D eigenvalue weighted by molar-refractivity contribution is 5.91. The number of carbonyl (C=O) groups is 1. The minimum absolute atomic E-state index is 0.0605. The molecule has 0 spiro atoms. The van der Waals surface area contributed by atoms with Crippen LogP contribution in [0.25, 0.3) is 0 Å². The summed E-state index contributed by atoms with van der Waals surface area (Å²) in [5, 5.41) is 17.5. The number of nitrogens with zero attached hydrogens (tertiary/aromatic N) is 1. The Morgan fingerprint density at radius 2 is 1.76 bits per heavy atom. The van der Waals surface area contributed by atoms with Crippen LogP contribution in [0, 0.1) is 5.92 Å². The van der Waals surface area contributed by atoms with E-state index in [4.69, 9.17) is 19.9 Å². The lowest BCUT2D eigenvalue weighted by molar-refractivity contribution is -0.213. The minimum Gasteiger partial charge on any atom is -0.858 e. The molecule has 0 radical (unpaired) electrons. The van der Waals surface area contributed by atoms with Crippen LogP contribution in [-0.4, -0.2) is 58.1 Å². The van der Waals surface area contributed by atoms with Crippen LogP contribution in [0.3, 0.4) is 0 Å². The van der Waals surface area contributed by atoms with Crippen molar-refractivity contribution in [3.05, 3.63) is 61.9 Å². The van der Waals surface area contributed by atoms with Crippen LogP contribution >= 0.6 is 0 Å². The fourth-order valence-corrected chi connectivity index (χ4v) is 2.89. The number of aliphatic imine (C=N–C) groups is 1. The van der Waals surface area contributed by atoms with Crippen LogP contribution < -0.4 is 32.3 Å². The highest BCUT2D eigenvalue weighted by Crippen LogP contribution is 2.27. The summed E-state index contributed by atoms with van der Waals surface area (Å²) in [6, 6.07) is 6.29. The molecule has 2 aromatic carbocycles. The topological polar surface area (TPSA) is 164 Å². The van der Waals surface area contributed by atoms with Crippen molar-refractivity contribution >= 4 is 29.1 Å². The second-order valence-electron chi connectivity index (χ2n) is 7.60. The van der Waals surface area contributed by atoms with E-state index < -0.39 is 22.8 Å². The molecule has 1 atom stereocenters. The Balaban J connectivity index is 1.21. The molecule has 182 valence electrons. The van der Waals surface area contributed by atoms with Crippen LogP contribution in [-0.2, 0) is 14.2 Å². The van der Waals surface area contributed by atoms with Gasteiger partial charge in [-0.15, -0.1) is 0 Å². The third kappa shape index (κ3) is 7.15. The van der Waals surface area contributed by atoms with Crippen molar-refractivity contribution in [3.8, 4) is 0 Å². The van der Waals surface area contributed by atoms with E-state index in [0.717, 1.165) is 0 Å². The Labute approximate surface area is 195 Å². The van der Waals surface area contributed by atoms with Gasteiger partial charge in [0.1, 0.15) is 18.0 Å². The molecule has 4 N–H and O–H groups in total. The Kier molecular flexibility index (Phi) is 8.77. The van der Waals surface area contributed by atoms with Crippen molar-refractivity contribution in [1.29, 1.82) is 0 Å². The van der Waals surface area contributed by atoms with Crippen LogP contribution in [0.1, 0.15) is 12.5 Å². The predicted octanol–water partition coefficient (Wildman–Crippen LogP) is 0.0508. The van der Waals surface area contributed by atoms with Gasteiger partial charge in [0.25, 0.3) is 10.9 Å². The molecule has 0 saturated heterocycles. The van der Waals surface area contributed by atoms with Crippen LogP contribution in [0.4, 0.5) is 21.9 Å². The van der Waals surface area contributed by atoms with E-state index in [-0.39, 0.29) is 24.5 Å². The van der Waals surface area contributed by atoms with Gasteiger partial charge in [0.05, 0.1) is 33.0 Å². The number of rotatable bonds is 14. The van der Waals surface area contributed by atoms with E-state index in [1.54, 1.807) is 24.3 Å². The van der Waals surface area contributed by atoms with Crippen molar-refractivity contribution in [2.45, 2.75) is 6.92 Å². The molecule has 11 nitrogen and oxygen atoms in total. The van der Waals surface area contributed by atoms with Gasteiger partial charge in [-0.3, -0.25) is 14.6 Å². The third-order valence-electron chi connectivity index (χ3n) is 5.06. The molecule has 34 heavy (non-hydrogen) atoms. The minimum atomic E-state index is -0.701. The zero-order chi connectivity index (χ0) is 24.5. The van der Waals surface area contributed by atoms with Gasteiger partial charge < -0.3 is 35.7 Å². The van der Waals surface area contributed by atoms with Crippen LogP contribution in [0.15, 0.2) is 50.5 Å². The Morgan fingerprint density at radius 3 is 2.41 bits per heavy atom. The fraction of sp³-hybridized carbons (Fsp3) is 0.391. The molecule has 0 bridgehead atoms. The van der Waals surface area contributed by atoms with Gasteiger partial charge in [-0.25, -0.2) is 4.79 Å². The third-order valence-corrected chi connectivity index (χ3v) is 5.06. The molecule has 1 unspecified atom stereocenters. The van der Waals surface area contributed by atoms with Crippen molar-refractivity contribution in [2.24, 2.45) is 10.9 Å². The Bertz CT molecular complexity index is 1120. The van der Waals surface area contributed by atoms with Crippen LogP contribution in [0.2, 0.25) is 0 Å². The fourth-order valence-electron chi connectivity index (χ4n) is 2.89. The van der Waals surface area contributed by atoms with E-state index in [0.29, 0.717) is 50.1 Å². The number of nitrogens with one attached hydrogen (secondary N) is 2. The average Bonchev–Trinajstić information content (AvgIpc) is 3.56. The highest BCUT2D eigenvalue weighted by atomic mass is 16.6. The second kappa shape index (κ2) is 12.0. The monoisotopic (exact) mass is 471 g/mol. The van der Waals surface area contributed by atoms with E-state index in [2.05, 4.69) is 15.6 Å². The predicted molar refractivity (Wildman–Crippen MR) is 125 cm³/mol. The maximum absolute atomic E-state index is 12.1. The molecular formula is C23H27N4O7-. The van der Waals surface area contributed by atoms with E-state index in [9.17, 15) is 19.5 Å². The smallest absolute Gasteiger partial charge is 0.407 e. The summed E-state index contributed by atoms with van der Waals surface area (Å²) in [5.41, 5.74) is 6.21. The first-order valence-corrected chi connectivity index (χ1v) is 10.8. The maximum atomic E-state index is 12.1. The lowest BCUT2D eigenvalue weighted by Crippen LogP contribution is -2.36. The first-order chi connectivity index (χ1) is 16.4. The Hall–Kier alpha value is -3.70. The SMILES string of the molecule is CC1=CC1COC(=O)NCCOCCOCCN=C([O-])c1ccc(Nc2c(N)c(=O)c2=O)cc1. The molecule has 1 aliphatic carbocycles. The Morgan fingerprint density at radius 1 is 1.09 bits per heavy atom. The molecule has 0 aliphatic heterocycles. The molecule has 2 aromatic rings. The molecule has 0 heterocycles. The summed E-state index contributed by atoms with van der Waals surface area (Å²) in [7, 11) is 0. The molecular weight excluding hydrogens is 444 g/mol. The van der Waals surface area contributed by atoms with Crippen molar-refractivity contribution < 1.29 is 24.1 Å². The maximum Gasteiger partial charge on any atom is 0.407 e. The number of anilines is 3. The molecule has 0 saturated carbocycles. The lowest BCUT2D eigenvalue weighted by Gasteiger charge is -2.13. The van der Waals surface area contributed by atoms with Gasteiger partial charge in [-0.05, 0) is 30.5 Å². The molecule has 3 rings (SSSR count). The van der Waals surface area contributed by atoms with Gasteiger partial charge in [0.2, 0.25) is 0 Å². The number of benzene rings is 1. The van der Waals surface area contributed by atoms with Gasteiger partial charge in [-0.2, -0.15) is 0 Å². The number of nitrogen functional groups attached to an aromatic ring is 1. The second-order valence-corrected chi connectivity index (χ2v) is 7.60. The first kappa shape index (κ1) is 24.9. The van der Waals surface area contributed by atoms with Gasteiger partial charge in [0.15, 0.2) is 0 Å². The number of hydrogen-bond donors (Lipinski definition) is 3. The number of hydrogen-bond acceptors (Lipinski definition) is 10. The summed E-state index contributed by atoms with van der Waals surface area (Å²) in [5.74, 6) is -0.105. The summed E-state index contributed by atoms with van der Waals surface area (Å²) in [6.07, 6.45) is 1.58. The molecule has 1 aliphatic rings. The van der Waals surface area contributed by atoms with Crippen molar-refractivity contribution in [1.82, 2.24) is 5.32 Å². The lowest BCUT2D eigenvalue weighted by atomic mass is 10.1. The van der Waals surface area contributed by atoms with Gasteiger partial charge in [-0.1, -0.05) is 23.8 Å². The quantitative estimate of drug-likeness (QED) is 0.113. The van der Waals surface area contributed by atoms with Gasteiger partial charge >= 0.3 is 6.09 Å². The van der Waals surface area contributed by atoms with E-state index >= 15 is 0 Å². The van der Waals surface area contributed by atoms with Crippen molar-refractivity contribution in [2.75, 3.05) is 57.2 Å². The highest BCUT2D eigenvalue weighted by Gasteiger charge is 2.21. The molecule has 0 fully saturated rings. The number of ether oxygens (including phenoxy) is 3. The summed E-state index contributed by atoms with van der Waals surface area (Å²) in [6.45, 7) is 4.19. The average molecular weight is 471 g/mol. The molecule has 11 heteroatoms. The zero-order valence-corrected chi connectivity index (χ0v) is 18.8. The normalized spacial score (nSPS) is 15.1. The largest absolute Gasteiger partial charge is 0.858 e. The number of carbonyl (C=O) groups excluding carboxylic acids is 1. The molecule has 1 amide bonds.